The van der Waals surface area contributed by atoms with Gasteiger partial charge in [0, 0.05) is 67.8 Å². The van der Waals surface area contributed by atoms with E-state index in [9.17, 15) is 4.79 Å². The molecule has 41 heavy (non-hydrogen) atoms. The van der Waals surface area contributed by atoms with Crippen molar-refractivity contribution in [3.8, 4) is 0 Å². The summed E-state index contributed by atoms with van der Waals surface area (Å²) in [5.74, 6) is 0.0611. The van der Waals surface area contributed by atoms with E-state index >= 15 is 0 Å². The van der Waals surface area contributed by atoms with Crippen molar-refractivity contribution in [2.75, 3.05) is 7.11 Å². The highest BCUT2D eigenvalue weighted by Gasteiger charge is 2.43. The van der Waals surface area contributed by atoms with E-state index in [1.165, 1.54) is 40.6 Å². The summed E-state index contributed by atoms with van der Waals surface area (Å²) in [6.45, 7) is 17.4. The van der Waals surface area contributed by atoms with Crippen LogP contribution in [0.1, 0.15) is 89.8 Å². The molecule has 0 amide bonds. The van der Waals surface area contributed by atoms with Crippen LogP contribution in [-0.2, 0) is 22.4 Å². The third kappa shape index (κ3) is 4.10. The van der Waals surface area contributed by atoms with Gasteiger partial charge in [0.15, 0.2) is 0 Å². The Morgan fingerprint density at radius 3 is 2.41 bits per heavy atom. The SMILES string of the molecule is C=Cc1c2[nH]c(c1C)/C=C1\N/C(=C3\c4[nH]c(c(C)c4C[C@@H]3C(=O)OC)/C=c3\[nH]/c(c(C)c3CC)=C\2)[C@@H](CCC)[C@@H]1C. The van der Waals surface area contributed by atoms with Crippen molar-refractivity contribution >= 4 is 35.8 Å². The molecule has 3 aliphatic rings. The van der Waals surface area contributed by atoms with Crippen LogP contribution in [0, 0.1) is 38.5 Å². The summed E-state index contributed by atoms with van der Waals surface area (Å²) < 4.78 is 5.36. The molecule has 5 heterocycles. The number of H-pyrrole nitrogens is 3. The van der Waals surface area contributed by atoms with Gasteiger partial charge in [-0.2, -0.15) is 0 Å². The maximum Gasteiger partial charge on any atom is 0.313 e. The number of esters is 1. The fourth-order valence-corrected chi connectivity index (χ4v) is 7.42. The Labute approximate surface area is 242 Å². The molecule has 0 aromatic carbocycles. The second-order valence-corrected chi connectivity index (χ2v) is 11.9. The first-order valence-corrected chi connectivity index (χ1v) is 15.0. The summed E-state index contributed by atoms with van der Waals surface area (Å²) in [5.41, 5.74) is 15.0. The predicted molar refractivity (Wildman–Crippen MR) is 167 cm³/mol. The van der Waals surface area contributed by atoms with Crippen molar-refractivity contribution in [1.29, 1.82) is 0 Å². The average Bonchev–Trinajstić information content (AvgIpc) is 3.71. The number of methoxy groups -OCH3 is 1. The van der Waals surface area contributed by atoms with Gasteiger partial charge in [-0.3, -0.25) is 4.79 Å². The zero-order valence-electron chi connectivity index (χ0n) is 25.4. The molecule has 8 bridgehead atoms. The minimum atomic E-state index is -0.326. The summed E-state index contributed by atoms with van der Waals surface area (Å²) in [7, 11) is 1.50. The number of carbonyl (C=O) groups is 1. The van der Waals surface area contributed by atoms with E-state index in [2.05, 4.69) is 86.6 Å². The number of aromatic amines is 3. The quantitative estimate of drug-likeness (QED) is 0.315. The molecular formula is C35H42N4O2. The Kier molecular flexibility index (Phi) is 6.75. The van der Waals surface area contributed by atoms with E-state index in [1.807, 2.05) is 6.08 Å². The normalized spacial score (nSPS) is 25.5. The summed E-state index contributed by atoms with van der Waals surface area (Å²) >= 11 is 0. The molecule has 6 rings (SSSR count). The van der Waals surface area contributed by atoms with Crippen LogP contribution in [0.15, 0.2) is 18.0 Å². The number of aromatic nitrogens is 3. The molecule has 6 heteroatoms. The number of hydrogen-bond donors (Lipinski definition) is 4. The van der Waals surface area contributed by atoms with Gasteiger partial charge < -0.3 is 25.0 Å². The number of allylic oxidation sites excluding steroid dienone is 2. The summed E-state index contributed by atoms with van der Waals surface area (Å²) in [6, 6.07) is 0. The van der Waals surface area contributed by atoms with Crippen molar-refractivity contribution in [2.24, 2.45) is 17.8 Å². The fourth-order valence-electron chi connectivity index (χ4n) is 7.42. The highest BCUT2D eigenvalue weighted by atomic mass is 16.5. The Hall–Kier alpha value is -3.93. The van der Waals surface area contributed by atoms with E-state index in [4.69, 9.17) is 4.74 Å². The van der Waals surface area contributed by atoms with E-state index < -0.39 is 0 Å². The first-order valence-electron chi connectivity index (χ1n) is 15.0. The largest absolute Gasteiger partial charge is 0.469 e. The summed E-state index contributed by atoms with van der Waals surface area (Å²) in [4.78, 5) is 24.4. The molecule has 0 spiro atoms. The molecule has 3 atom stereocenters. The molecule has 1 saturated heterocycles. The number of hydrogen-bond acceptors (Lipinski definition) is 3. The lowest BCUT2D eigenvalue weighted by atomic mass is 9.85. The fraction of sp³-hybridized carbons (Fsp3) is 0.400. The van der Waals surface area contributed by atoms with Crippen LogP contribution in [0.25, 0.3) is 29.9 Å². The minimum absolute atomic E-state index is 0.174. The van der Waals surface area contributed by atoms with Gasteiger partial charge >= 0.3 is 5.97 Å². The van der Waals surface area contributed by atoms with Gasteiger partial charge in [0.2, 0.25) is 0 Å². The van der Waals surface area contributed by atoms with Gasteiger partial charge in [-0.15, -0.1) is 0 Å². The van der Waals surface area contributed by atoms with E-state index in [0.717, 1.165) is 69.6 Å². The van der Waals surface area contributed by atoms with Crippen molar-refractivity contribution in [1.82, 2.24) is 20.3 Å². The molecule has 4 N–H and O–H groups in total. The molecule has 3 aromatic heterocycles. The molecule has 3 aromatic rings. The maximum absolute atomic E-state index is 13.2. The van der Waals surface area contributed by atoms with Crippen LogP contribution in [0.2, 0.25) is 0 Å². The second kappa shape index (κ2) is 10.2. The lowest BCUT2D eigenvalue weighted by molar-refractivity contribution is -0.143. The monoisotopic (exact) mass is 550 g/mol. The van der Waals surface area contributed by atoms with Crippen molar-refractivity contribution in [3.63, 3.8) is 0 Å². The van der Waals surface area contributed by atoms with E-state index in [1.54, 1.807) is 0 Å². The average molecular weight is 551 g/mol. The lowest BCUT2D eigenvalue weighted by Gasteiger charge is -2.20. The van der Waals surface area contributed by atoms with Crippen LogP contribution in [0.4, 0.5) is 0 Å². The van der Waals surface area contributed by atoms with Crippen molar-refractivity contribution in [3.05, 3.63) is 84.8 Å². The molecule has 0 saturated carbocycles. The highest BCUT2D eigenvalue weighted by Crippen LogP contribution is 2.48. The van der Waals surface area contributed by atoms with Crippen LogP contribution in [-0.4, -0.2) is 28.0 Å². The first-order chi connectivity index (χ1) is 19.7. The van der Waals surface area contributed by atoms with Gasteiger partial charge in [-0.05, 0) is 86.1 Å². The van der Waals surface area contributed by atoms with Gasteiger partial charge in [0.05, 0.1) is 13.0 Å². The molecule has 1 fully saturated rings. The van der Waals surface area contributed by atoms with Gasteiger partial charge in [-0.25, -0.2) is 0 Å². The lowest BCUT2D eigenvalue weighted by Crippen LogP contribution is -2.21. The minimum Gasteiger partial charge on any atom is -0.469 e. The summed E-state index contributed by atoms with van der Waals surface area (Å²) in [5, 5.41) is 6.07. The molecular weight excluding hydrogens is 508 g/mol. The van der Waals surface area contributed by atoms with Gasteiger partial charge in [0.25, 0.3) is 0 Å². The third-order valence-electron chi connectivity index (χ3n) is 9.82. The molecule has 1 aliphatic carbocycles. The number of carbonyl (C=O) groups excluding carboxylic acids is 1. The Bertz CT molecular complexity index is 1770. The summed E-state index contributed by atoms with van der Waals surface area (Å²) in [6.07, 6.45) is 12.4. The molecule has 6 nitrogen and oxygen atoms in total. The van der Waals surface area contributed by atoms with E-state index in [0.29, 0.717) is 6.42 Å². The number of ether oxygens (including phenoxy) is 1. The first kappa shape index (κ1) is 27.3. The molecule has 2 aliphatic heterocycles. The zero-order chi connectivity index (χ0) is 29.2. The van der Waals surface area contributed by atoms with Gasteiger partial charge in [0.1, 0.15) is 0 Å². The smallest absolute Gasteiger partial charge is 0.313 e. The van der Waals surface area contributed by atoms with Gasteiger partial charge in [-0.1, -0.05) is 39.8 Å². The molecule has 0 radical (unpaired) electrons. The van der Waals surface area contributed by atoms with Crippen LogP contribution in [0.5, 0.6) is 0 Å². The van der Waals surface area contributed by atoms with Crippen LogP contribution in [0.3, 0.4) is 0 Å². The Balaban J connectivity index is 1.72. The zero-order valence-corrected chi connectivity index (χ0v) is 25.4. The topological polar surface area (TPSA) is 85.7 Å². The standard InChI is InChI=1S/C35H42N4O2/c1-9-12-23-19(6)28-14-26-17(4)21(10-2)30(36-26)15-27-18(5)22(11-3)31(37-27)16-29-20(7)24-13-25(35(40)41-8)32(33(23)38-28)34(24)39-29/h10,14-16,19,23,25,36-39H,2,9,11-13H2,1,3-8H3/b27-15-,28-14-,31-16-,33-32-/t19-,23-,25-/m0/s1. The predicted octanol–water partition coefficient (Wildman–Crippen LogP) is 5.53. The van der Waals surface area contributed by atoms with E-state index in [-0.39, 0.29) is 23.7 Å². The van der Waals surface area contributed by atoms with Crippen LogP contribution >= 0.6 is 0 Å². The van der Waals surface area contributed by atoms with Crippen LogP contribution < -0.4 is 16.0 Å². The maximum atomic E-state index is 13.2. The number of fused-ring (bicyclic) bond motifs is 7. The number of nitrogens with one attached hydrogen (secondary N) is 4. The second-order valence-electron chi connectivity index (χ2n) is 11.9. The Morgan fingerprint density at radius 1 is 1.00 bits per heavy atom. The molecule has 214 valence electrons. The van der Waals surface area contributed by atoms with Crippen molar-refractivity contribution in [2.45, 2.75) is 67.2 Å². The Morgan fingerprint density at radius 2 is 1.73 bits per heavy atom. The highest BCUT2D eigenvalue weighted by molar-refractivity contribution is 5.94. The number of rotatable bonds is 5. The van der Waals surface area contributed by atoms with Crippen molar-refractivity contribution < 1.29 is 9.53 Å². The molecule has 0 unspecified atom stereocenters. The third-order valence-corrected chi connectivity index (χ3v) is 9.82.